The zero-order chi connectivity index (χ0) is 11.6. The molecule has 9 nitrogen and oxygen atoms in total. The molecular weight excluding hydrogens is 244 g/mol. The van der Waals surface area contributed by atoms with Gasteiger partial charge in [-0.1, -0.05) is 0 Å². The van der Waals surface area contributed by atoms with Crippen LogP contribution in [0.3, 0.4) is 0 Å². The summed E-state index contributed by atoms with van der Waals surface area (Å²) in [6, 6.07) is 0. The average Bonchev–Trinajstić information content (AvgIpc) is 1.76. The summed E-state index contributed by atoms with van der Waals surface area (Å²) in [6.45, 7) is -0.502. The third-order valence-corrected chi connectivity index (χ3v) is 1.75. The van der Waals surface area contributed by atoms with Gasteiger partial charge in [0.2, 0.25) is 5.79 Å². The molecule has 86 valence electrons. The predicted molar refractivity (Wildman–Crippen MR) is 40.8 cm³/mol. The Bertz CT molecular complexity index is 374. The maximum absolute atomic E-state index is 10.1. The molecule has 0 saturated carbocycles. The van der Waals surface area contributed by atoms with Crippen LogP contribution < -0.4 is 0 Å². The highest BCUT2D eigenvalue weighted by molar-refractivity contribution is 7.81. The van der Waals surface area contributed by atoms with Crippen LogP contribution in [0.5, 0.6) is 0 Å². The van der Waals surface area contributed by atoms with Crippen LogP contribution in [0.15, 0.2) is 0 Å². The van der Waals surface area contributed by atoms with Crippen LogP contribution in [0.1, 0.15) is 6.92 Å². The fourth-order valence-electron chi connectivity index (χ4n) is 0.435. The van der Waals surface area contributed by atoms with Gasteiger partial charge in [0, 0.05) is 0 Å². The highest BCUT2D eigenvalue weighted by Crippen LogP contribution is 2.10. The Morgan fingerprint density at radius 2 is 1.57 bits per heavy atom. The van der Waals surface area contributed by atoms with Crippen molar-refractivity contribution in [1.29, 1.82) is 0 Å². The summed E-state index contributed by atoms with van der Waals surface area (Å²) in [5, 5.41) is 8.95. The molecule has 0 bridgehead atoms. The predicted octanol–water partition coefficient (Wildman–Crippen LogP) is -1.67. The van der Waals surface area contributed by atoms with E-state index >= 15 is 0 Å². The lowest BCUT2D eigenvalue weighted by Gasteiger charge is -2.19. The van der Waals surface area contributed by atoms with E-state index in [1.165, 1.54) is 0 Å². The van der Waals surface area contributed by atoms with E-state index < -0.39 is 33.2 Å². The smallest absolute Gasteiger partial charge is 0.363 e. The van der Waals surface area contributed by atoms with E-state index in [-0.39, 0.29) is 0 Å². The molecule has 0 aliphatic heterocycles. The summed E-state index contributed by atoms with van der Waals surface area (Å²) in [4.78, 5) is 0. The van der Waals surface area contributed by atoms with E-state index in [9.17, 15) is 16.8 Å². The van der Waals surface area contributed by atoms with Gasteiger partial charge in [0.15, 0.2) is 0 Å². The average molecular weight is 252 g/mol. The summed E-state index contributed by atoms with van der Waals surface area (Å²) in [7, 11) is -9.79. The monoisotopic (exact) mass is 252 g/mol. The van der Waals surface area contributed by atoms with Gasteiger partial charge in [0.05, 0.1) is 0 Å². The second kappa shape index (κ2) is 4.06. The fraction of sp³-hybridized carbons (Fsp3) is 1.00. The second-order valence-electron chi connectivity index (χ2n) is 2.38. The minimum Gasteiger partial charge on any atom is -0.363 e. The van der Waals surface area contributed by atoms with Gasteiger partial charge >= 0.3 is 20.8 Å². The van der Waals surface area contributed by atoms with Crippen LogP contribution in [-0.2, 0) is 29.2 Å². The molecule has 1 unspecified atom stereocenters. The standard InChI is InChI=1S/C3H8O9S2/c1-3(4,12-14(8,9)10)2-11-13(5,6)7/h4H,2H2,1H3,(H,5,6,7)(H,8,9,10). The third-order valence-electron chi connectivity index (χ3n) is 0.761. The molecule has 0 aromatic carbocycles. The Kier molecular flexibility index (Phi) is 3.97. The summed E-state index contributed by atoms with van der Waals surface area (Å²) < 4.78 is 63.5. The minimum atomic E-state index is -4.96. The molecule has 3 N–H and O–H groups in total. The van der Waals surface area contributed by atoms with E-state index in [4.69, 9.17) is 14.2 Å². The number of rotatable bonds is 5. The maximum Gasteiger partial charge on any atom is 0.400 e. The summed E-state index contributed by atoms with van der Waals surface area (Å²) >= 11 is 0. The number of hydrogen-bond donors (Lipinski definition) is 3. The molecule has 0 heterocycles. The first-order valence-corrected chi connectivity index (χ1v) is 5.67. The molecule has 0 aliphatic carbocycles. The lowest BCUT2D eigenvalue weighted by atomic mass is 10.4. The van der Waals surface area contributed by atoms with Gasteiger partial charge in [0.1, 0.15) is 6.61 Å². The van der Waals surface area contributed by atoms with Gasteiger partial charge in [-0.25, -0.2) is 8.37 Å². The Morgan fingerprint density at radius 1 is 1.14 bits per heavy atom. The van der Waals surface area contributed by atoms with Crippen molar-refractivity contribution in [2.75, 3.05) is 6.61 Å². The van der Waals surface area contributed by atoms with Crippen molar-refractivity contribution in [3.8, 4) is 0 Å². The van der Waals surface area contributed by atoms with Crippen molar-refractivity contribution in [3.63, 3.8) is 0 Å². The van der Waals surface area contributed by atoms with E-state index in [0.717, 1.165) is 0 Å². The van der Waals surface area contributed by atoms with Gasteiger partial charge in [-0.05, 0) is 6.92 Å². The normalized spacial score (nSPS) is 17.7. The highest BCUT2D eigenvalue weighted by Gasteiger charge is 2.30. The van der Waals surface area contributed by atoms with Crippen molar-refractivity contribution < 1.29 is 39.4 Å². The molecule has 0 rings (SSSR count). The van der Waals surface area contributed by atoms with Crippen LogP contribution in [0.25, 0.3) is 0 Å². The molecule has 14 heavy (non-hydrogen) atoms. The molecule has 0 fully saturated rings. The first-order chi connectivity index (χ1) is 5.91. The highest BCUT2D eigenvalue weighted by atomic mass is 32.3. The summed E-state index contributed by atoms with van der Waals surface area (Å²) in [6.07, 6.45) is 0. The molecule has 0 aliphatic rings. The van der Waals surface area contributed by atoms with E-state index in [1.54, 1.807) is 0 Å². The van der Waals surface area contributed by atoms with Crippen LogP contribution in [0, 0.1) is 0 Å². The van der Waals surface area contributed by atoms with Gasteiger partial charge in [-0.15, -0.1) is 0 Å². The Hall–Kier alpha value is -0.300. The quantitative estimate of drug-likeness (QED) is 0.386. The second-order valence-corrected chi connectivity index (χ2v) is 4.49. The van der Waals surface area contributed by atoms with Crippen molar-refractivity contribution in [3.05, 3.63) is 0 Å². The molecule has 0 amide bonds. The topological polar surface area (TPSA) is 147 Å². The zero-order valence-corrected chi connectivity index (χ0v) is 8.45. The van der Waals surface area contributed by atoms with Crippen LogP contribution >= 0.6 is 0 Å². The summed E-state index contributed by atoms with van der Waals surface area (Å²) in [5.74, 6) is -2.61. The third kappa shape index (κ3) is 8.31. The molecule has 11 heteroatoms. The van der Waals surface area contributed by atoms with Crippen LogP contribution in [0.4, 0.5) is 0 Å². The molecule has 0 radical (unpaired) electrons. The minimum absolute atomic E-state index is 0.700. The van der Waals surface area contributed by atoms with E-state index in [1.807, 2.05) is 0 Å². The molecule has 0 aromatic rings. The molecule has 0 aromatic heterocycles. The molecule has 0 spiro atoms. The van der Waals surface area contributed by atoms with Gasteiger partial charge in [-0.2, -0.15) is 16.8 Å². The lowest BCUT2D eigenvalue weighted by Crippen LogP contribution is -2.37. The van der Waals surface area contributed by atoms with Crippen molar-refractivity contribution in [2.24, 2.45) is 0 Å². The Morgan fingerprint density at radius 3 is 1.86 bits per heavy atom. The molecular formula is C3H8O9S2. The number of hydrogen-bond acceptors (Lipinski definition) is 7. The number of aliphatic hydroxyl groups is 1. The first kappa shape index (κ1) is 13.7. The van der Waals surface area contributed by atoms with E-state index in [2.05, 4.69) is 8.37 Å². The summed E-state index contributed by atoms with van der Waals surface area (Å²) in [5.41, 5.74) is 0. The van der Waals surface area contributed by atoms with Crippen molar-refractivity contribution in [1.82, 2.24) is 0 Å². The van der Waals surface area contributed by atoms with Crippen LogP contribution in [-0.4, -0.2) is 43.4 Å². The van der Waals surface area contributed by atoms with E-state index in [0.29, 0.717) is 6.92 Å². The fourth-order valence-corrected chi connectivity index (χ4v) is 1.30. The van der Waals surface area contributed by atoms with Gasteiger partial charge in [0.25, 0.3) is 0 Å². The SMILES string of the molecule is CC(O)(COS(=O)(=O)O)OS(=O)(=O)O. The molecule has 0 saturated heterocycles. The lowest BCUT2D eigenvalue weighted by molar-refractivity contribution is -0.145. The van der Waals surface area contributed by atoms with Crippen LogP contribution in [0.2, 0.25) is 0 Å². The Balaban J connectivity index is 4.37. The van der Waals surface area contributed by atoms with Gasteiger partial charge < -0.3 is 5.11 Å². The van der Waals surface area contributed by atoms with Crippen molar-refractivity contribution in [2.45, 2.75) is 12.7 Å². The first-order valence-electron chi connectivity index (χ1n) is 2.94. The van der Waals surface area contributed by atoms with Gasteiger partial charge in [-0.3, -0.25) is 9.11 Å². The zero-order valence-electron chi connectivity index (χ0n) is 6.81. The maximum atomic E-state index is 10.1. The molecule has 1 atom stereocenters. The Labute approximate surface area is 80.2 Å². The largest absolute Gasteiger partial charge is 0.400 e. The van der Waals surface area contributed by atoms with Crippen molar-refractivity contribution >= 4 is 20.8 Å².